The second-order valence-electron chi connectivity index (χ2n) is 4.92. The SMILES string of the molecule is Cc1oc(C)c(C(Cc2ccc(Cl)c(Cl)c2)NN)c1C. The maximum Gasteiger partial charge on any atom is 0.106 e. The van der Waals surface area contributed by atoms with Crippen LogP contribution in [0.4, 0.5) is 0 Å². The molecule has 108 valence electrons. The number of benzene rings is 1. The van der Waals surface area contributed by atoms with E-state index in [1.54, 1.807) is 6.07 Å². The average Bonchev–Trinajstić information content (AvgIpc) is 2.65. The van der Waals surface area contributed by atoms with Crippen LogP contribution in [0, 0.1) is 20.8 Å². The molecule has 0 saturated carbocycles. The highest BCUT2D eigenvalue weighted by Crippen LogP contribution is 2.30. The minimum absolute atomic E-state index is 0.0234. The molecule has 1 aromatic carbocycles. The quantitative estimate of drug-likeness (QED) is 0.655. The third-order valence-corrected chi connectivity index (χ3v) is 4.33. The highest BCUT2D eigenvalue weighted by molar-refractivity contribution is 6.42. The van der Waals surface area contributed by atoms with Gasteiger partial charge in [0.15, 0.2) is 0 Å². The number of nitrogens with two attached hydrogens (primary N) is 1. The molecule has 3 N–H and O–H groups in total. The van der Waals surface area contributed by atoms with Crippen LogP contribution in [0.25, 0.3) is 0 Å². The molecule has 1 unspecified atom stereocenters. The lowest BCUT2D eigenvalue weighted by molar-refractivity contribution is 0.484. The maximum atomic E-state index is 6.05. The van der Waals surface area contributed by atoms with E-state index in [2.05, 4.69) is 5.43 Å². The van der Waals surface area contributed by atoms with E-state index in [4.69, 9.17) is 33.5 Å². The lowest BCUT2D eigenvalue weighted by atomic mass is 9.96. The zero-order valence-electron chi connectivity index (χ0n) is 11.8. The second kappa shape index (κ2) is 6.19. The van der Waals surface area contributed by atoms with Crippen LogP contribution in [0.3, 0.4) is 0 Å². The van der Waals surface area contributed by atoms with Crippen molar-refractivity contribution in [2.45, 2.75) is 33.2 Å². The predicted octanol–water partition coefficient (Wildman–Crippen LogP) is 4.26. The Bertz CT molecular complexity index is 623. The molecule has 0 radical (unpaired) electrons. The first-order valence-electron chi connectivity index (χ1n) is 6.40. The van der Waals surface area contributed by atoms with Crippen LogP contribution in [-0.2, 0) is 6.42 Å². The lowest BCUT2D eigenvalue weighted by Crippen LogP contribution is -2.30. The van der Waals surface area contributed by atoms with Gasteiger partial charge in [-0.15, -0.1) is 0 Å². The fourth-order valence-corrected chi connectivity index (χ4v) is 2.79. The van der Waals surface area contributed by atoms with Gasteiger partial charge in [0.05, 0.1) is 16.1 Å². The average molecular weight is 313 g/mol. The van der Waals surface area contributed by atoms with E-state index in [0.717, 1.165) is 28.2 Å². The van der Waals surface area contributed by atoms with Crippen LogP contribution >= 0.6 is 23.2 Å². The van der Waals surface area contributed by atoms with Crippen molar-refractivity contribution in [3.05, 3.63) is 56.5 Å². The summed E-state index contributed by atoms with van der Waals surface area (Å²) in [5.74, 6) is 7.53. The number of hydrazine groups is 1. The molecule has 0 aliphatic carbocycles. The van der Waals surface area contributed by atoms with Crippen molar-refractivity contribution < 1.29 is 4.42 Å². The number of furan rings is 1. The van der Waals surface area contributed by atoms with Crippen LogP contribution < -0.4 is 11.3 Å². The van der Waals surface area contributed by atoms with Gasteiger partial charge in [0.2, 0.25) is 0 Å². The summed E-state index contributed by atoms with van der Waals surface area (Å²) in [5.41, 5.74) is 6.17. The fourth-order valence-electron chi connectivity index (χ4n) is 2.47. The molecule has 2 aromatic rings. The molecule has 0 fully saturated rings. The zero-order chi connectivity index (χ0) is 14.9. The van der Waals surface area contributed by atoms with Crippen LogP contribution in [0.2, 0.25) is 10.0 Å². The number of nitrogens with one attached hydrogen (secondary N) is 1. The molecule has 0 aliphatic rings. The third-order valence-electron chi connectivity index (χ3n) is 3.59. The molecule has 5 heteroatoms. The molecule has 0 spiro atoms. The van der Waals surface area contributed by atoms with Crippen LogP contribution in [0.15, 0.2) is 22.6 Å². The predicted molar refractivity (Wildman–Crippen MR) is 83.1 cm³/mol. The van der Waals surface area contributed by atoms with Gasteiger partial charge >= 0.3 is 0 Å². The largest absolute Gasteiger partial charge is 0.466 e. The van der Waals surface area contributed by atoms with Gasteiger partial charge < -0.3 is 4.42 Å². The lowest BCUT2D eigenvalue weighted by Gasteiger charge is -2.17. The van der Waals surface area contributed by atoms with E-state index in [1.165, 1.54) is 0 Å². The van der Waals surface area contributed by atoms with Crippen molar-refractivity contribution in [2.24, 2.45) is 5.84 Å². The van der Waals surface area contributed by atoms with Crippen LogP contribution in [0.1, 0.15) is 34.3 Å². The number of rotatable bonds is 4. The Morgan fingerprint density at radius 1 is 1.15 bits per heavy atom. The summed E-state index contributed by atoms with van der Waals surface area (Å²) >= 11 is 12.0. The highest BCUT2D eigenvalue weighted by atomic mass is 35.5. The first-order valence-corrected chi connectivity index (χ1v) is 7.16. The summed E-state index contributed by atoms with van der Waals surface area (Å²) < 4.78 is 5.67. The van der Waals surface area contributed by atoms with E-state index >= 15 is 0 Å². The molecule has 0 bridgehead atoms. The van der Waals surface area contributed by atoms with E-state index in [1.807, 2.05) is 32.9 Å². The van der Waals surface area contributed by atoms with Gasteiger partial charge in [-0.2, -0.15) is 0 Å². The van der Waals surface area contributed by atoms with Crippen LogP contribution in [-0.4, -0.2) is 0 Å². The Kier molecular flexibility index (Phi) is 4.76. The molecule has 3 nitrogen and oxygen atoms in total. The van der Waals surface area contributed by atoms with E-state index in [-0.39, 0.29) is 6.04 Å². The summed E-state index contributed by atoms with van der Waals surface area (Å²) in [6.45, 7) is 5.95. The molecule has 1 atom stereocenters. The topological polar surface area (TPSA) is 51.2 Å². The summed E-state index contributed by atoms with van der Waals surface area (Å²) in [6, 6.07) is 5.60. The second-order valence-corrected chi connectivity index (χ2v) is 5.74. The monoisotopic (exact) mass is 312 g/mol. The Morgan fingerprint density at radius 3 is 2.35 bits per heavy atom. The van der Waals surface area contributed by atoms with Gasteiger partial charge in [-0.25, -0.2) is 0 Å². The number of hydrogen-bond donors (Lipinski definition) is 2. The Morgan fingerprint density at radius 2 is 1.85 bits per heavy atom. The maximum absolute atomic E-state index is 6.05. The molecule has 1 heterocycles. The van der Waals surface area contributed by atoms with E-state index in [9.17, 15) is 0 Å². The van der Waals surface area contributed by atoms with E-state index < -0.39 is 0 Å². The first kappa shape index (κ1) is 15.4. The van der Waals surface area contributed by atoms with Crippen molar-refractivity contribution in [3.63, 3.8) is 0 Å². The Hall–Kier alpha value is -1.00. The molecular weight excluding hydrogens is 295 g/mol. The zero-order valence-corrected chi connectivity index (χ0v) is 13.3. The minimum Gasteiger partial charge on any atom is -0.466 e. The molecule has 0 amide bonds. The van der Waals surface area contributed by atoms with Gasteiger partial charge in [-0.3, -0.25) is 11.3 Å². The van der Waals surface area contributed by atoms with E-state index in [0.29, 0.717) is 16.5 Å². The summed E-state index contributed by atoms with van der Waals surface area (Å²) in [4.78, 5) is 0. The van der Waals surface area contributed by atoms with Crippen molar-refractivity contribution in [2.75, 3.05) is 0 Å². The summed E-state index contributed by atoms with van der Waals surface area (Å²) in [5, 5.41) is 1.11. The van der Waals surface area contributed by atoms with Gasteiger partial charge in [-0.1, -0.05) is 29.3 Å². The smallest absolute Gasteiger partial charge is 0.106 e. The fraction of sp³-hybridized carbons (Fsp3) is 0.333. The summed E-state index contributed by atoms with van der Waals surface area (Å²) in [7, 11) is 0. The van der Waals surface area contributed by atoms with Gasteiger partial charge in [0.25, 0.3) is 0 Å². The number of halogens is 2. The standard InChI is InChI=1S/C15H18Cl2N2O/c1-8-9(2)20-10(3)15(8)14(19-18)7-11-4-5-12(16)13(17)6-11/h4-6,14,19H,7,18H2,1-3H3. The third kappa shape index (κ3) is 3.01. The van der Waals surface area contributed by atoms with Crippen molar-refractivity contribution in [1.29, 1.82) is 0 Å². The highest BCUT2D eigenvalue weighted by Gasteiger charge is 2.20. The first-order chi connectivity index (χ1) is 9.43. The normalized spacial score (nSPS) is 12.7. The van der Waals surface area contributed by atoms with Gasteiger partial charge in [0.1, 0.15) is 11.5 Å². The van der Waals surface area contributed by atoms with Gasteiger partial charge in [-0.05, 0) is 50.5 Å². The number of hydrogen-bond acceptors (Lipinski definition) is 3. The van der Waals surface area contributed by atoms with Gasteiger partial charge in [0, 0.05) is 5.56 Å². The van der Waals surface area contributed by atoms with Crippen molar-refractivity contribution in [1.82, 2.24) is 5.43 Å². The minimum atomic E-state index is -0.0234. The van der Waals surface area contributed by atoms with Crippen LogP contribution in [0.5, 0.6) is 0 Å². The molecule has 0 saturated heterocycles. The molecule has 2 rings (SSSR count). The van der Waals surface area contributed by atoms with Crippen molar-refractivity contribution >= 4 is 23.2 Å². The summed E-state index contributed by atoms with van der Waals surface area (Å²) in [6.07, 6.45) is 0.716. The molecule has 20 heavy (non-hydrogen) atoms. The molecule has 0 aliphatic heterocycles. The Balaban J connectivity index is 2.31. The number of aryl methyl sites for hydroxylation is 2. The molecular formula is C15H18Cl2N2O. The Labute approximate surface area is 129 Å². The van der Waals surface area contributed by atoms with Crippen molar-refractivity contribution in [3.8, 4) is 0 Å². The molecule has 1 aromatic heterocycles.